The standard InChI is InChI=1S/C11H18N2O/c1-8(2)7-13-9-3-4-10(13)6-12-11(14)5-9/h9-10H,1,3-7H2,2H3,(H,12,14)/t9-,10+/m1/s1. The Balaban J connectivity index is 2.08. The molecule has 0 spiro atoms. The SMILES string of the molecule is C=C(C)CN1[C@@H]2CC[C@H]1CNC(=O)C2. The highest BCUT2D eigenvalue weighted by molar-refractivity contribution is 5.77. The lowest BCUT2D eigenvalue weighted by atomic mass is 10.1. The zero-order valence-corrected chi connectivity index (χ0v) is 8.75. The molecule has 3 heteroatoms. The van der Waals surface area contributed by atoms with Gasteiger partial charge in [-0.3, -0.25) is 9.69 Å². The van der Waals surface area contributed by atoms with E-state index >= 15 is 0 Å². The number of carbonyl (C=O) groups is 1. The van der Waals surface area contributed by atoms with Crippen LogP contribution in [0.3, 0.4) is 0 Å². The molecule has 0 aromatic rings. The van der Waals surface area contributed by atoms with Gasteiger partial charge in [-0.15, -0.1) is 0 Å². The molecule has 2 heterocycles. The van der Waals surface area contributed by atoms with E-state index in [-0.39, 0.29) is 5.91 Å². The lowest BCUT2D eigenvalue weighted by molar-refractivity contribution is -0.121. The van der Waals surface area contributed by atoms with Crippen LogP contribution >= 0.6 is 0 Å². The molecule has 1 amide bonds. The molecule has 0 aromatic carbocycles. The summed E-state index contributed by atoms with van der Waals surface area (Å²) in [6.07, 6.45) is 3.06. The van der Waals surface area contributed by atoms with Crippen LogP contribution in [-0.4, -0.2) is 36.0 Å². The van der Waals surface area contributed by atoms with E-state index in [1.807, 2.05) is 0 Å². The molecule has 3 nitrogen and oxygen atoms in total. The highest BCUT2D eigenvalue weighted by Crippen LogP contribution is 2.28. The van der Waals surface area contributed by atoms with Gasteiger partial charge in [0.2, 0.25) is 5.91 Å². The summed E-state index contributed by atoms with van der Waals surface area (Å²) in [5.41, 5.74) is 1.19. The fourth-order valence-corrected chi connectivity index (χ4v) is 2.54. The molecule has 2 rings (SSSR count). The number of nitrogens with zero attached hydrogens (tertiary/aromatic N) is 1. The van der Waals surface area contributed by atoms with Crippen LogP contribution in [0.4, 0.5) is 0 Å². The van der Waals surface area contributed by atoms with E-state index in [1.54, 1.807) is 0 Å². The third-order valence-corrected chi connectivity index (χ3v) is 3.18. The van der Waals surface area contributed by atoms with Crippen molar-refractivity contribution in [2.24, 2.45) is 0 Å². The molecule has 2 bridgehead atoms. The minimum absolute atomic E-state index is 0.212. The summed E-state index contributed by atoms with van der Waals surface area (Å²) in [5.74, 6) is 0.212. The van der Waals surface area contributed by atoms with Gasteiger partial charge in [0, 0.05) is 31.6 Å². The van der Waals surface area contributed by atoms with Crippen LogP contribution in [0.2, 0.25) is 0 Å². The zero-order chi connectivity index (χ0) is 10.1. The zero-order valence-electron chi connectivity index (χ0n) is 8.75. The molecule has 0 radical (unpaired) electrons. The van der Waals surface area contributed by atoms with Gasteiger partial charge in [0.1, 0.15) is 0 Å². The van der Waals surface area contributed by atoms with Crippen molar-refractivity contribution in [1.82, 2.24) is 10.2 Å². The van der Waals surface area contributed by atoms with Crippen LogP contribution in [0.1, 0.15) is 26.2 Å². The number of hydrogen-bond donors (Lipinski definition) is 1. The number of hydrogen-bond acceptors (Lipinski definition) is 2. The number of fused-ring (bicyclic) bond motifs is 2. The molecular formula is C11H18N2O. The lowest BCUT2D eigenvalue weighted by Gasteiger charge is -2.26. The van der Waals surface area contributed by atoms with Crippen LogP contribution in [0.25, 0.3) is 0 Å². The lowest BCUT2D eigenvalue weighted by Crippen LogP contribution is -2.38. The van der Waals surface area contributed by atoms with E-state index in [1.165, 1.54) is 18.4 Å². The fourth-order valence-electron chi connectivity index (χ4n) is 2.54. The molecule has 0 aliphatic carbocycles. The molecule has 14 heavy (non-hydrogen) atoms. The topological polar surface area (TPSA) is 32.3 Å². The van der Waals surface area contributed by atoms with Crippen LogP contribution in [0.15, 0.2) is 12.2 Å². The smallest absolute Gasteiger partial charge is 0.221 e. The summed E-state index contributed by atoms with van der Waals surface area (Å²) < 4.78 is 0. The van der Waals surface area contributed by atoms with Crippen LogP contribution in [0.5, 0.6) is 0 Å². The van der Waals surface area contributed by atoms with Crippen molar-refractivity contribution in [3.8, 4) is 0 Å². The Morgan fingerprint density at radius 2 is 2.29 bits per heavy atom. The minimum Gasteiger partial charge on any atom is -0.354 e. The van der Waals surface area contributed by atoms with Crippen molar-refractivity contribution in [2.45, 2.75) is 38.3 Å². The maximum Gasteiger partial charge on any atom is 0.221 e. The monoisotopic (exact) mass is 194 g/mol. The number of rotatable bonds is 2. The number of amides is 1. The number of carbonyl (C=O) groups excluding carboxylic acids is 1. The van der Waals surface area contributed by atoms with E-state index in [0.29, 0.717) is 18.5 Å². The second kappa shape index (κ2) is 3.73. The molecular weight excluding hydrogens is 176 g/mol. The van der Waals surface area contributed by atoms with E-state index < -0.39 is 0 Å². The largest absolute Gasteiger partial charge is 0.354 e. The summed E-state index contributed by atoms with van der Waals surface area (Å²) in [7, 11) is 0. The fraction of sp³-hybridized carbons (Fsp3) is 0.727. The van der Waals surface area contributed by atoms with Gasteiger partial charge in [-0.1, -0.05) is 12.2 Å². The first-order valence-electron chi connectivity index (χ1n) is 5.33. The molecule has 0 aromatic heterocycles. The first-order chi connectivity index (χ1) is 6.66. The van der Waals surface area contributed by atoms with Crippen molar-refractivity contribution in [1.29, 1.82) is 0 Å². The molecule has 1 N–H and O–H groups in total. The van der Waals surface area contributed by atoms with Gasteiger partial charge in [-0.05, 0) is 19.8 Å². The molecule has 2 fully saturated rings. The third-order valence-electron chi connectivity index (χ3n) is 3.18. The predicted octanol–water partition coefficient (Wildman–Crippen LogP) is 0.915. The van der Waals surface area contributed by atoms with Gasteiger partial charge in [0.05, 0.1) is 0 Å². The number of nitrogens with one attached hydrogen (secondary N) is 1. The minimum atomic E-state index is 0.212. The van der Waals surface area contributed by atoms with Crippen molar-refractivity contribution in [3.63, 3.8) is 0 Å². The molecule has 2 aliphatic rings. The summed E-state index contributed by atoms with van der Waals surface area (Å²) in [4.78, 5) is 13.8. The first-order valence-corrected chi connectivity index (χ1v) is 5.33. The Morgan fingerprint density at radius 3 is 3.00 bits per heavy atom. The second-order valence-corrected chi connectivity index (χ2v) is 4.52. The Hall–Kier alpha value is -0.830. The normalized spacial score (nSPS) is 32.5. The van der Waals surface area contributed by atoms with Gasteiger partial charge in [-0.2, -0.15) is 0 Å². The van der Waals surface area contributed by atoms with Crippen molar-refractivity contribution >= 4 is 5.91 Å². The molecule has 2 saturated heterocycles. The molecule has 2 aliphatic heterocycles. The van der Waals surface area contributed by atoms with Crippen LogP contribution in [0, 0.1) is 0 Å². The average molecular weight is 194 g/mol. The van der Waals surface area contributed by atoms with Crippen molar-refractivity contribution < 1.29 is 4.79 Å². The third kappa shape index (κ3) is 1.82. The van der Waals surface area contributed by atoms with E-state index in [9.17, 15) is 4.79 Å². The quantitative estimate of drug-likeness (QED) is 0.663. The molecule has 78 valence electrons. The average Bonchev–Trinajstić information content (AvgIpc) is 2.35. The molecule has 0 saturated carbocycles. The Labute approximate surface area is 85.2 Å². The highest BCUT2D eigenvalue weighted by Gasteiger charge is 2.36. The van der Waals surface area contributed by atoms with Crippen molar-refractivity contribution in [2.75, 3.05) is 13.1 Å². The van der Waals surface area contributed by atoms with E-state index in [0.717, 1.165) is 13.1 Å². The van der Waals surface area contributed by atoms with Crippen molar-refractivity contribution in [3.05, 3.63) is 12.2 Å². The second-order valence-electron chi connectivity index (χ2n) is 4.52. The Bertz CT molecular complexity index is 262. The summed E-state index contributed by atoms with van der Waals surface area (Å²) in [6, 6.07) is 1.00. The summed E-state index contributed by atoms with van der Waals surface area (Å²) in [6.45, 7) is 7.77. The van der Waals surface area contributed by atoms with Gasteiger partial charge in [-0.25, -0.2) is 0 Å². The van der Waals surface area contributed by atoms with E-state index in [2.05, 4.69) is 23.7 Å². The van der Waals surface area contributed by atoms with Crippen LogP contribution < -0.4 is 5.32 Å². The van der Waals surface area contributed by atoms with Gasteiger partial charge in [0.15, 0.2) is 0 Å². The van der Waals surface area contributed by atoms with Gasteiger partial charge in [0.25, 0.3) is 0 Å². The van der Waals surface area contributed by atoms with E-state index in [4.69, 9.17) is 0 Å². The maximum absolute atomic E-state index is 11.3. The van der Waals surface area contributed by atoms with Gasteiger partial charge >= 0.3 is 0 Å². The van der Waals surface area contributed by atoms with Crippen LogP contribution in [-0.2, 0) is 4.79 Å². The predicted molar refractivity (Wildman–Crippen MR) is 56.0 cm³/mol. The maximum atomic E-state index is 11.3. The first kappa shape index (κ1) is 9.71. The molecule has 2 atom stereocenters. The van der Waals surface area contributed by atoms with Gasteiger partial charge < -0.3 is 5.32 Å². The highest BCUT2D eigenvalue weighted by atomic mass is 16.1. The Kier molecular flexibility index (Phi) is 2.59. The summed E-state index contributed by atoms with van der Waals surface area (Å²) in [5, 5.41) is 2.97. The summed E-state index contributed by atoms with van der Waals surface area (Å²) >= 11 is 0. The Morgan fingerprint density at radius 1 is 1.57 bits per heavy atom. The molecule has 0 unspecified atom stereocenters.